The van der Waals surface area contributed by atoms with Crippen molar-refractivity contribution in [3.63, 3.8) is 0 Å². The van der Waals surface area contributed by atoms with Gasteiger partial charge >= 0.3 is 12.2 Å². The van der Waals surface area contributed by atoms with Gasteiger partial charge in [0.2, 0.25) is 0 Å². The standard InChI is InChI=1S/C21H21F3N4O3.C3H8/c1-11-6-17(19-27-28-20(31-19)25-9-14-10-29-4-5-30-14)26-18-15(11)7-13(12-2-3-12)8-16(18)21(22,23)24;1-3-2/h6-8,12,14H,2-5,9-10H2,1H3,(H,25,28);3H2,1-2H3. The minimum atomic E-state index is -4.51. The normalized spacial score (nSPS) is 18.5. The molecule has 3 heterocycles. The van der Waals surface area contributed by atoms with Crippen molar-refractivity contribution in [3.8, 4) is 11.6 Å². The number of aryl methyl sites for hydroxylation is 1. The molecular weight excluding hydrogens is 449 g/mol. The SMILES string of the molecule is CCC.Cc1cc(-c2nnc(NCC3COCCO3)o2)nc2c(C(F)(F)F)cc(C3CC3)cc12. The van der Waals surface area contributed by atoms with Crippen molar-refractivity contribution in [2.45, 2.75) is 58.2 Å². The van der Waals surface area contributed by atoms with Crippen LogP contribution in [0.2, 0.25) is 0 Å². The number of pyridine rings is 1. The van der Waals surface area contributed by atoms with Crippen LogP contribution < -0.4 is 5.32 Å². The second-order valence-electron chi connectivity index (χ2n) is 8.63. The van der Waals surface area contributed by atoms with E-state index in [0.29, 0.717) is 37.3 Å². The molecule has 1 aliphatic carbocycles. The fourth-order valence-electron chi connectivity index (χ4n) is 3.75. The fraction of sp³-hybridized carbons (Fsp3) is 0.542. The molecular formula is C24H29F3N4O3. The molecule has 3 aromatic rings. The maximum Gasteiger partial charge on any atom is 0.418 e. The monoisotopic (exact) mass is 478 g/mol. The first-order valence-corrected chi connectivity index (χ1v) is 11.6. The number of hydrogen-bond donors (Lipinski definition) is 1. The van der Waals surface area contributed by atoms with Crippen LogP contribution >= 0.6 is 0 Å². The summed E-state index contributed by atoms with van der Waals surface area (Å²) in [6.07, 6.45) is -1.56. The van der Waals surface area contributed by atoms with Crippen LogP contribution in [0.15, 0.2) is 22.6 Å². The highest BCUT2D eigenvalue weighted by molar-refractivity contribution is 5.88. The molecule has 10 heteroatoms. The first kappa shape index (κ1) is 24.4. The lowest BCUT2D eigenvalue weighted by Gasteiger charge is -2.22. The van der Waals surface area contributed by atoms with E-state index in [1.165, 1.54) is 12.5 Å². The largest absolute Gasteiger partial charge is 0.418 e. The third-order valence-electron chi connectivity index (χ3n) is 5.51. The maximum atomic E-state index is 13.8. The minimum Gasteiger partial charge on any atom is -0.402 e. The van der Waals surface area contributed by atoms with E-state index in [0.717, 1.165) is 18.4 Å². The maximum absolute atomic E-state index is 13.8. The minimum absolute atomic E-state index is 0.0488. The molecule has 2 aromatic heterocycles. The van der Waals surface area contributed by atoms with Crippen LogP contribution in [-0.4, -0.2) is 47.7 Å². The number of halogens is 3. The average Bonchev–Trinajstić information content (AvgIpc) is 3.55. The average molecular weight is 479 g/mol. The van der Waals surface area contributed by atoms with Crippen LogP contribution in [-0.2, 0) is 15.7 Å². The zero-order chi connectivity index (χ0) is 24.3. The molecule has 0 radical (unpaired) electrons. The Morgan fingerprint density at radius 3 is 2.50 bits per heavy atom. The van der Waals surface area contributed by atoms with Crippen LogP contribution in [0.3, 0.4) is 0 Å². The highest BCUT2D eigenvalue weighted by atomic mass is 19.4. The first-order valence-electron chi connectivity index (χ1n) is 11.6. The summed E-state index contributed by atoms with van der Waals surface area (Å²) in [6, 6.07) is 4.86. The lowest BCUT2D eigenvalue weighted by molar-refractivity contribution is -0.136. The third kappa shape index (κ3) is 5.67. The molecule has 2 fully saturated rings. The van der Waals surface area contributed by atoms with Gasteiger partial charge in [-0.05, 0) is 55.0 Å². The second-order valence-corrected chi connectivity index (χ2v) is 8.63. The van der Waals surface area contributed by atoms with Gasteiger partial charge < -0.3 is 19.2 Å². The van der Waals surface area contributed by atoms with Crippen LogP contribution in [0.25, 0.3) is 22.5 Å². The van der Waals surface area contributed by atoms with Gasteiger partial charge in [-0.3, -0.25) is 0 Å². The lowest BCUT2D eigenvalue weighted by atomic mass is 9.98. The van der Waals surface area contributed by atoms with E-state index in [2.05, 4.69) is 34.3 Å². The van der Waals surface area contributed by atoms with Gasteiger partial charge in [0.15, 0.2) is 0 Å². The number of nitrogens with zero attached hydrogens (tertiary/aromatic N) is 3. The first-order chi connectivity index (χ1) is 16.3. The van der Waals surface area contributed by atoms with E-state index in [-0.39, 0.29) is 35.1 Å². The Balaban J connectivity index is 0.000000868. The van der Waals surface area contributed by atoms with Gasteiger partial charge in [0.1, 0.15) is 5.69 Å². The molecule has 1 unspecified atom stereocenters. The van der Waals surface area contributed by atoms with Gasteiger partial charge in [-0.25, -0.2) is 4.98 Å². The van der Waals surface area contributed by atoms with Crippen molar-refractivity contribution >= 4 is 16.9 Å². The van der Waals surface area contributed by atoms with Crippen molar-refractivity contribution in [3.05, 3.63) is 34.9 Å². The fourth-order valence-corrected chi connectivity index (χ4v) is 3.75. The zero-order valence-corrected chi connectivity index (χ0v) is 19.5. The molecule has 34 heavy (non-hydrogen) atoms. The molecule has 5 rings (SSSR count). The molecule has 1 atom stereocenters. The zero-order valence-electron chi connectivity index (χ0n) is 19.5. The predicted molar refractivity (Wildman–Crippen MR) is 122 cm³/mol. The number of benzene rings is 1. The smallest absolute Gasteiger partial charge is 0.402 e. The summed E-state index contributed by atoms with van der Waals surface area (Å²) in [5.41, 5.74) is 0.758. The van der Waals surface area contributed by atoms with Gasteiger partial charge in [-0.2, -0.15) is 13.2 Å². The Morgan fingerprint density at radius 1 is 1.09 bits per heavy atom. The molecule has 1 aliphatic heterocycles. The molecule has 7 nitrogen and oxygen atoms in total. The Hall–Kier alpha value is -2.72. The van der Waals surface area contributed by atoms with E-state index in [9.17, 15) is 13.2 Å². The number of nitrogens with one attached hydrogen (secondary N) is 1. The Labute approximate surface area is 196 Å². The van der Waals surface area contributed by atoms with Crippen molar-refractivity contribution in [1.29, 1.82) is 0 Å². The predicted octanol–water partition coefficient (Wildman–Crippen LogP) is 5.73. The summed E-state index contributed by atoms with van der Waals surface area (Å²) in [6.45, 7) is 7.97. The van der Waals surface area contributed by atoms with Crippen LogP contribution in [0.4, 0.5) is 19.2 Å². The van der Waals surface area contributed by atoms with Gasteiger partial charge in [0.25, 0.3) is 5.89 Å². The highest BCUT2D eigenvalue weighted by Crippen LogP contribution is 2.45. The molecule has 1 saturated carbocycles. The van der Waals surface area contributed by atoms with Gasteiger partial charge in [-0.15, -0.1) is 5.10 Å². The molecule has 1 N–H and O–H groups in total. The van der Waals surface area contributed by atoms with Gasteiger partial charge in [0.05, 0.1) is 37.0 Å². The third-order valence-corrected chi connectivity index (χ3v) is 5.51. The van der Waals surface area contributed by atoms with E-state index in [1.807, 2.05) is 6.07 Å². The summed E-state index contributed by atoms with van der Waals surface area (Å²) in [5.74, 6) is 0.250. The van der Waals surface area contributed by atoms with E-state index in [4.69, 9.17) is 13.9 Å². The molecule has 1 saturated heterocycles. The number of alkyl halides is 3. The number of anilines is 1. The van der Waals surface area contributed by atoms with Crippen molar-refractivity contribution in [2.75, 3.05) is 31.7 Å². The van der Waals surface area contributed by atoms with Crippen molar-refractivity contribution in [2.24, 2.45) is 0 Å². The number of fused-ring (bicyclic) bond motifs is 1. The Bertz CT molecular complexity index is 1120. The van der Waals surface area contributed by atoms with Gasteiger partial charge in [0, 0.05) is 11.9 Å². The Kier molecular flexibility index (Phi) is 7.37. The highest BCUT2D eigenvalue weighted by Gasteiger charge is 2.36. The van der Waals surface area contributed by atoms with Crippen molar-refractivity contribution in [1.82, 2.24) is 15.2 Å². The van der Waals surface area contributed by atoms with Crippen LogP contribution in [0, 0.1) is 6.92 Å². The van der Waals surface area contributed by atoms with E-state index in [1.54, 1.807) is 13.0 Å². The molecule has 0 bridgehead atoms. The van der Waals surface area contributed by atoms with E-state index >= 15 is 0 Å². The number of rotatable bonds is 5. The van der Waals surface area contributed by atoms with Gasteiger partial charge in [-0.1, -0.05) is 25.4 Å². The molecule has 184 valence electrons. The van der Waals surface area contributed by atoms with Crippen LogP contribution in [0.1, 0.15) is 55.7 Å². The quantitative estimate of drug-likeness (QED) is 0.501. The topological polar surface area (TPSA) is 82.3 Å². The van der Waals surface area contributed by atoms with Crippen LogP contribution in [0.5, 0.6) is 0 Å². The number of aromatic nitrogens is 3. The number of hydrogen-bond acceptors (Lipinski definition) is 7. The summed E-state index contributed by atoms with van der Waals surface area (Å²) >= 11 is 0. The summed E-state index contributed by atoms with van der Waals surface area (Å²) in [7, 11) is 0. The summed E-state index contributed by atoms with van der Waals surface area (Å²) < 4.78 is 57.9. The molecule has 0 spiro atoms. The number of ether oxygens (including phenoxy) is 2. The molecule has 0 amide bonds. The van der Waals surface area contributed by atoms with Crippen molar-refractivity contribution < 1.29 is 27.1 Å². The van der Waals surface area contributed by atoms with E-state index < -0.39 is 11.7 Å². The molecule has 2 aliphatic rings. The Morgan fingerprint density at radius 2 is 1.85 bits per heavy atom. The molecule has 1 aromatic carbocycles. The summed E-state index contributed by atoms with van der Waals surface area (Å²) in [5, 5.41) is 11.3. The summed E-state index contributed by atoms with van der Waals surface area (Å²) in [4.78, 5) is 4.27. The lowest BCUT2D eigenvalue weighted by Crippen LogP contribution is -2.34. The second kappa shape index (κ2) is 10.3.